The molecule has 2 aromatic heterocycles. The third-order valence-electron chi connectivity index (χ3n) is 1.24. The van der Waals surface area contributed by atoms with Gasteiger partial charge < -0.3 is 0 Å². The fourth-order valence-corrected chi connectivity index (χ4v) is 0.783. The highest BCUT2D eigenvalue weighted by molar-refractivity contribution is 5.85. The Kier molecular flexibility index (Phi) is 3.85. The van der Waals surface area contributed by atoms with Gasteiger partial charge in [-0.25, -0.2) is 0 Å². The van der Waals surface area contributed by atoms with Crippen molar-refractivity contribution in [3.05, 3.63) is 24.7 Å². The van der Waals surface area contributed by atoms with Crippen LogP contribution < -0.4 is 0 Å². The molecule has 11 heavy (non-hydrogen) atoms. The Morgan fingerprint density at radius 1 is 1.18 bits per heavy atom. The number of pyridine rings is 1. The minimum absolute atomic E-state index is 0. The summed E-state index contributed by atoms with van der Waals surface area (Å²) in [7, 11) is 0. The minimum atomic E-state index is 0. The van der Waals surface area contributed by atoms with E-state index >= 15 is 0 Å². The van der Waals surface area contributed by atoms with Crippen LogP contribution in [0.25, 0.3) is 10.9 Å². The van der Waals surface area contributed by atoms with Gasteiger partial charge in [0, 0.05) is 17.8 Å². The van der Waals surface area contributed by atoms with Crippen molar-refractivity contribution in [3.8, 4) is 0 Å². The predicted octanol–water partition coefficient (Wildman–Crippen LogP) is 1.80. The molecule has 3 nitrogen and oxygen atoms in total. The Labute approximate surface area is 76.0 Å². The van der Waals surface area contributed by atoms with E-state index in [1.165, 1.54) is 0 Å². The van der Waals surface area contributed by atoms with E-state index in [4.69, 9.17) is 0 Å². The van der Waals surface area contributed by atoms with Crippen molar-refractivity contribution in [1.29, 1.82) is 0 Å². The molecule has 2 rings (SSSR count). The van der Waals surface area contributed by atoms with Crippen molar-refractivity contribution in [2.75, 3.05) is 0 Å². The smallest absolute Gasteiger partial charge is 0.0681 e. The second kappa shape index (κ2) is 4.16. The molecule has 0 atom stereocenters. The van der Waals surface area contributed by atoms with E-state index in [0.29, 0.717) is 0 Å². The van der Waals surface area contributed by atoms with E-state index in [1.54, 1.807) is 18.6 Å². The highest BCUT2D eigenvalue weighted by atomic mass is 35.5. The van der Waals surface area contributed by atoms with Crippen molar-refractivity contribution >= 4 is 35.7 Å². The van der Waals surface area contributed by atoms with Crippen LogP contribution in [-0.2, 0) is 0 Å². The number of fused-ring (bicyclic) bond motifs is 1. The zero-order valence-corrected chi connectivity index (χ0v) is 7.15. The topological polar surface area (TPSA) is 41.6 Å². The first kappa shape index (κ1) is 10.2. The lowest BCUT2D eigenvalue weighted by molar-refractivity contribution is 1.12. The molecule has 2 aromatic rings. The van der Waals surface area contributed by atoms with Gasteiger partial charge in [0.25, 0.3) is 0 Å². The van der Waals surface area contributed by atoms with E-state index in [2.05, 4.69) is 15.2 Å². The van der Waals surface area contributed by atoms with Crippen molar-refractivity contribution in [2.24, 2.45) is 0 Å². The van der Waals surface area contributed by atoms with Crippen LogP contribution in [-0.4, -0.2) is 15.2 Å². The van der Waals surface area contributed by atoms with Gasteiger partial charge in [0.05, 0.1) is 11.7 Å². The van der Waals surface area contributed by atoms with Crippen LogP contribution in [0.2, 0.25) is 0 Å². The van der Waals surface area contributed by atoms with Gasteiger partial charge in [0.15, 0.2) is 0 Å². The molecule has 0 spiro atoms. The van der Waals surface area contributed by atoms with E-state index in [-0.39, 0.29) is 24.8 Å². The van der Waals surface area contributed by atoms with Crippen molar-refractivity contribution in [2.45, 2.75) is 0 Å². The number of rotatable bonds is 0. The van der Waals surface area contributed by atoms with Crippen molar-refractivity contribution < 1.29 is 0 Å². The van der Waals surface area contributed by atoms with Crippen LogP contribution in [0, 0.1) is 0 Å². The summed E-state index contributed by atoms with van der Waals surface area (Å²) in [6.07, 6.45) is 5.27. The number of H-pyrrole nitrogens is 1. The van der Waals surface area contributed by atoms with Gasteiger partial charge in [0.1, 0.15) is 0 Å². The Morgan fingerprint density at radius 3 is 2.73 bits per heavy atom. The molecule has 60 valence electrons. The fourth-order valence-electron chi connectivity index (χ4n) is 0.783. The maximum absolute atomic E-state index is 3.93. The number of aromatic nitrogens is 3. The standard InChI is InChI=1S/C6H5N3.2ClH/c1-2-7-3-5-4-8-9-6(1)5;;/h1-4H,(H,8,9);2*1H. The molecule has 0 aliphatic rings. The molecule has 1 N–H and O–H groups in total. The zero-order valence-electron chi connectivity index (χ0n) is 5.52. The monoisotopic (exact) mass is 191 g/mol. The molecular weight excluding hydrogens is 185 g/mol. The average molecular weight is 192 g/mol. The van der Waals surface area contributed by atoms with Gasteiger partial charge in [-0.05, 0) is 6.07 Å². The lowest BCUT2D eigenvalue weighted by Crippen LogP contribution is -1.68. The van der Waals surface area contributed by atoms with Gasteiger partial charge in [-0.3, -0.25) is 10.1 Å². The third kappa shape index (κ3) is 1.82. The SMILES string of the molecule is Cl.Cl.c1cc2[nH]ncc2cn1. The van der Waals surface area contributed by atoms with Gasteiger partial charge >= 0.3 is 0 Å². The van der Waals surface area contributed by atoms with E-state index in [9.17, 15) is 0 Å². The fraction of sp³-hybridized carbons (Fsp3) is 0. The van der Waals surface area contributed by atoms with Crippen molar-refractivity contribution in [3.63, 3.8) is 0 Å². The molecule has 0 bridgehead atoms. The van der Waals surface area contributed by atoms with E-state index in [1.807, 2.05) is 6.07 Å². The predicted molar refractivity (Wildman–Crippen MR) is 48.4 cm³/mol. The first-order chi connectivity index (χ1) is 4.47. The van der Waals surface area contributed by atoms with Crippen LogP contribution >= 0.6 is 24.8 Å². The summed E-state index contributed by atoms with van der Waals surface area (Å²) in [5, 5.41) is 7.72. The summed E-state index contributed by atoms with van der Waals surface area (Å²) in [4.78, 5) is 3.93. The highest BCUT2D eigenvalue weighted by Crippen LogP contribution is 2.04. The molecule has 0 aromatic carbocycles. The molecule has 0 unspecified atom stereocenters. The summed E-state index contributed by atoms with van der Waals surface area (Å²) in [6.45, 7) is 0. The maximum Gasteiger partial charge on any atom is 0.0681 e. The van der Waals surface area contributed by atoms with Crippen LogP contribution in [0.5, 0.6) is 0 Å². The molecule has 0 fully saturated rings. The molecule has 5 heteroatoms. The summed E-state index contributed by atoms with van der Waals surface area (Å²) in [5.41, 5.74) is 1.03. The summed E-state index contributed by atoms with van der Waals surface area (Å²) >= 11 is 0. The zero-order chi connectivity index (χ0) is 6.10. The first-order valence-electron chi connectivity index (χ1n) is 2.70. The number of aromatic amines is 1. The molecule has 0 aliphatic heterocycles. The third-order valence-corrected chi connectivity index (χ3v) is 1.24. The Balaban J connectivity index is 0.000000500. The average Bonchev–Trinajstić information content (AvgIpc) is 2.33. The highest BCUT2D eigenvalue weighted by Gasteiger charge is 1.89. The number of hydrogen-bond acceptors (Lipinski definition) is 2. The Morgan fingerprint density at radius 2 is 2.00 bits per heavy atom. The molecule has 0 saturated carbocycles. The lowest BCUT2D eigenvalue weighted by atomic mass is 10.3. The summed E-state index contributed by atoms with van der Waals surface area (Å²) < 4.78 is 0. The largest absolute Gasteiger partial charge is 0.278 e. The van der Waals surface area contributed by atoms with Gasteiger partial charge in [-0.15, -0.1) is 24.8 Å². The Hall–Kier alpha value is -0.800. The molecule has 0 aliphatic carbocycles. The minimum Gasteiger partial charge on any atom is -0.278 e. The molecule has 2 heterocycles. The molecule has 0 saturated heterocycles. The Bertz CT molecular complexity index is 290. The molecular formula is C6H7Cl2N3. The van der Waals surface area contributed by atoms with Gasteiger partial charge in [-0.1, -0.05) is 0 Å². The molecule has 0 radical (unpaired) electrons. The number of nitrogens with one attached hydrogen (secondary N) is 1. The number of hydrogen-bond donors (Lipinski definition) is 1. The van der Waals surface area contributed by atoms with E-state index in [0.717, 1.165) is 10.9 Å². The van der Waals surface area contributed by atoms with E-state index < -0.39 is 0 Å². The van der Waals surface area contributed by atoms with Crippen LogP contribution in [0.1, 0.15) is 0 Å². The van der Waals surface area contributed by atoms with Gasteiger partial charge in [-0.2, -0.15) is 5.10 Å². The van der Waals surface area contributed by atoms with Crippen LogP contribution in [0.4, 0.5) is 0 Å². The number of halogens is 2. The van der Waals surface area contributed by atoms with Crippen LogP contribution in [0.15, 0.2) is 24.7 Å². The normalized spacial score (nSPS) is 8.36. The quantitative estimate of drug-likeness (QED) is 0.691. The van der Waals surface area contributed by atoms with Crippen LogP contribution in [0.3, 0.4) is 0 Å². The second-order valence-corrected chi connectivity index (χ2v) is 1.83. The summed E-state index contributed by atoms with van der Waals surface area (Å²) in [6, 6.07) is 1.89. The van der Waals surface area contributed by atoms with Crippen molar-refractivity contribution in [1.82, 2.24) is 15.2 Å². The van der Waals surface area contributed by atoms with Gasteiger partial charge in [0.2, 0.25) is 0 Å². The lowest BCUT2D eigenvalue weighted by Gasteiger charge is -1.80. The number of nitrogens with zero attached hydrogens (tertiary/aromatic N) is 2. The first-order valence-corrected chi connectivity index (χ1v) is 2.70. The molecule has 0 amide bonds. The maximum atomic E-state index is 3.93. The summed E-state index contributed by atoms with van der Waals surface area (Å²) in [5.74, 6) is 0. The second-order valence-electron chi connectivity index (χ2n) is 1.83.